The molecule has 0 spiro atoms. The summed E-state index contributed by atoms with van der Waals surface area (Å²) in [5, 5.41) is 5.90. The Bertz CT molecular complexity index is 602. The smallest absolute Gasteiger partial charge is 0.243 e. The van der Waals surface area contributed by atoms with Crippen LogP contribution in [0.25, 0.3) is 0 Å². The molecule has 144 valence electrons. The second-order valence-corrected chi connectivity index (χ2v) is 7.48. The van der Waals surface area contributed by atoms with Gasteiger partial charge in [-0.1, -0.05) is 26.0 Å². The van der Waals surface area contributed by atoms with Gasteiger partial charge in [0.2, 0.25) is 15.9 Å². The van der Waals surface area contributed by atoms with Gasteiger partial charge in [-0.25, -0.2) is 8.42 Å². The van der Waals surface area contributed by atoms with Crippen molar-refractivity contribution in [2.75, 3.05) is 33.2 Å². The summed E-state index contributed by atoms with van der Waals surface area (Å²) in [4.78, 5) is 12.0. The molecule has 0 unspecified atom stereocenters. The Morgan fingerprint density at radius 1 is 1.08 bits per heavy atom. The average Bonchev–Trinajstić information content (AvgIpc) is 2.58. The van der Waals surface area contributed by atoms with Gasteiger partial charge >= 0.3 is 0 Å². The SMILES string of the molecule is CCN(CC)S(=O)(=O)c1ccc(CCC(=O)NCCCNC)cc1.Cl. The highest BCUT2D eigenvalue weighted by Gasteiger charge is 2.21. The van der Waals surface area contributed by atoms with Crippen LogP contribution in [0.2, 0.25) is 0 Å². The third-order valence-electron chi connectivity index (χ3n) is 3.83. The average molecular weight is 392 g/mol. The molecule has 0 aromatic heterocycles. The van der Waals surface area contributed by atoms with E-state index in [1.165, 1.54) is 4.31 Å². The fraction of sp³-hybridized carbons (Fsp3) is 0.588. The van der Waals surface area contributed by atoms with Crippen LogP contribution in [-0.4, -0.2) is 51.9 Å². The van der Waals surface area contributed by atoms with Crippen LogP contribution in [0.3, 0.4) is 0 Å². The fourth-order valence-corrected chi connectivity index (χ4v) is 3.84. The Balaban J connectivity index is 0.00000576. The number of hydrogen-bond donors (Lipinski definition) is 2. The zero-order chi connectivity index (χ0) is 18.0. The molecule has 0 saturated carbocycles. The van der Waals surface area contributed by atoms with Crippen LogP contribution in [0, 0.1) is 0 Å². The first-order valence-corrected chi connectivity index (χ1v) is 9.90. The Hall–Kier alpha value is -1.15. The topological polar surface area (TPSA) is 78.5 Å². The number of halogens is 1. The van der Waals surface area contributed by atoms with Crippen LogP contribution in [0.1, 0.15) is 32.3 Å². The van der Waals surface area contributed by atoms with Crippen molar-refractivity contribution in [2.24, 2.45) is 0 Å². The molecular formula is C17H30ClN3O3S. The van der Waals surface area contributed by atoms with Gasteiger partial charge in [0, 0.05) is 26.1 Å². The lowest BCUT2D eigenvalue weighted by atomic mass is 10.1. The molecule has 8 heteroatoms. The predicted octanol–water partition coefficient (Wildman–Crippen LogP) is 1.80. The summed E-state index contributed by atoms with van der Waals surface area (Å²) < 4.78 is 26.2. The van der Waals surface area contributed by atoms with Gasteiger partial charge in [-0.2, -0.15) is 4.31 Å². The van der Waals surface area contributed by atoms with Crippen LogP contribution in [-0.2, 0) is 21.2 Å². The van der Waals surface area contributed by atoms with Crippen molar-refractivity contribution < 1.29 is 13.2 Å². The predicted molar refractivity (Wildman–Crippen MR) is 104 cm³/mol. The van der Waals surface area contributed by atoms with Gasteiger partial charge in [-0.05, 0) is 44.1 Å². The van der Waals surface area contributed by atoms with Crippen molar-refractivity contribution in [2.45, 2.75) is 38.0 Å². The summed E-state index contributed by atoms with van der Waals surface area (Å²) in [6, 6.07) is 6.80. The highest BCUT2D eigenvalue weighted by molar-refractivity contribution is 7.89. The fourth-order valence-electron chi connectivity index (χ4n) is 2.38. The standard InChI is InChI=1S/C17H29N3O3S.ClH/c1-4-20(5-2)24(22,23)16-10-7-15(8-11-16)9-12-17(21)19-14-6-13-18-3;/h7-8,10-11,18H,4-6,9,12-14H2,1-3H3,(H,19,21);1H. The van der Waals surface area contributed by atoms with Crippen molar-refractivity contribution in [3.05, 3.63) is 29.8 Å². The number of sulfonamides is 1. The summed E-state index contributed by atoms with van der Waals surface area (Å²) >= 11 is 0. The van der Waals surface area contributed by atoms with Crippen molar-refractivity contribution in [1.29, 1.82) is 0 Å². The Kier molecular flexibility index (Phi) is 11.7. The van der Waals surface area contributed by atoms with Gasteiger partial charge in [0.15, 0.2) is 0 Å². The molecule has 25 heavy (non-hydrogen) atoms. The van der Waals surface area contributed by atoms with Crippen LogP contribution >= 0.6 is 12.4 Å². The molecule has 0 fully saturated rings. The molecule has 2 N–H and O–H groups in total. The number of carbonyl (C=O) groups excluding carboxylic acids is 1. The highest BCUT2D eigenvalue weighted by Crippen LogP contribution is 2.16. The first-order valence-electron chi connectivity index (χ1n) is 8.46. The van der Waals surface area contributed by atoms with Crippen molar-refractivity contribution in [3.8, 4) is 0 Å². The van der Waals surface area contributed by atoms with Gasteiger partial charge in [0.25, 0.3) is 0 Å². The maximum Gasteiger partial charge on any atom is 0.243 e. The van der Waals surface area contributed by atoms with E-state index in [1.807, 2.05) is 20.9 Å². The monoisotopic (exact) mass is 391 g/mol. The van der Waals surface area contributed by atoms with Gasteiger partial charge in [-0.3, -0.25) is 4.79 Å². The third kappa shape index (κ3) is 7.73. The molecule has 1 aromatic carbocycles. The summed E-state index contributed by atoms with van der Waals surface area (Å²) in [6.07, 6.45) is 1.91. The quantitative estimate of drug-likeness (QED) is 0.564. The van der Waals surface area contributed by atoms with Gasteiger partial charge in [0.05, 0.1) is 4.90 Å². The van der Waals surface area contributed by atoms with E-state index in [-0.39, 0.29) is 18.3 Å². The lowest BCUT2D eigenvalue weighted by molar-refractivity contribution is -0.121. The normalized spacial score (nSPS) is 11.2. The van der Waals surface area contributed by atoms with Gasteiger partial charge < -0.3 is 10.6 Å². The molecular weight excluding hydrogens is 362 g/mol. The van der Waals surface area contributed by atoms with Crippen LogP contribution in [0.4, 0.5) is 0 Å². The molecule has 0 aliphatic heterocycles. The molecule has 6 nitrogen and oxygen atoms in total. The van der Waals surface area contributed by atoms with Crippen molar-refractivity contribution >= 4 is 28.3 Å². The number of rotatable bonds is 11. The number of hydrogen-bond acceptors (Lipinski definition) is 4. The lowest BCUT2D eigenvalue weighted by Crippen LogP contribution is -2.30. The second-order valence-electron chi connectivity index (χ2n) is 5.54. The first kappa shape index (κ1) is 23.9. The van der Waals surface area contributed by atoms with E-state index in [4.69, 9.17) is 0 Å². The Labute approximate surface area is 157 Å². The molecule has 0 atom stereocenters. The molecule has 0 aliphatic rings. The van der Waals surface area contributed by atoms with Crippen molar-refractivity contribution in [3.63, 3.8) is 0 Å². The minimum absolute atomic E-state index is 0. The lowest BCUT2D eigenvalue weighted by Gasteiger charge is -2.18. The molecule has 0 saturated heterocycles. The summed E-state index contributed by atoms with van der Waals surface area (Å²) in [6.45, 7) is 6.10. The van der Waals surface area contributed by atoms with E-state index in [0.29, 0.717) is 37.4 Å². The molecule has 0 aliphatic carbocycles. The molecule has 1 rings (SSSR count). The van der Waals surface area contributed by atoms with E-state index in [0.717, 1.165) is 18.5 Å². The maximum atomic E-state index is 12.4. The summed E-state index contributed by atoms with van der Waals surface area (Å²) in [5.74, 6) is 0.0194. The van der Waals surface area contributed by atoms with E-state index in [1.54, 1.807) is 24.3 Å². The second kappa shape index (κ2) is 12.2. The van der Waals surface area contributed by atoms with Crippen LogP contribution in [0.15, 0.2) is 29.2 Å². The zero-order valence-electron chi connectivity index (χ0n) is 15.2. The number of carbonyl (C=O) groups is 1. The summed E-state index contributed by atoms with van der Waals surface area (Å²) in [7, 11) is -1.54. The number of nitrogens with zero attached hydrogens (tertiary/aromatic N) is 1. The number of benzene rings is 1. The molecule has 1 amide bonds. The van der Waals surface area contributed by atoms with E-state index < -0.39 is 10.0 Å². The van der Waals surface area contributed by atoms with Crippen molar-refractivity contribution in [1.82, 2.24) is 14.9 Å². The zero-order valence-corrected chi connectivity index (χ0v) is 16.9. The van der Waals surface area contributed by atoms with E-state index >= 15 is 0 Å². The van der Waals surface area contributed by atoms with Crippen LogP contribution < -0.4 is 10.6 Å². The number of amides is 1. The largest absolute Gasteiger partial charge is 0.356 e. The highest BCUT2D eigenvalue weighted by atomic mass is 35.5. The van der Waals surface area contributed by atoms with Crippen LogP contribution in [0.5, 0.6) is 0 Å². The maximum absolute atomic E-state index is 12.4. The third-order valence-corrected chi connectivity index (χ3v) is 5.90. The Morgan fingerprint density at radius 2 is 1.68 bits per heavy atom. The first-order chi connectivity index (χ1) is 11.5. The molecule has 0 bridgehead atoms. The van der Waals surface area contributed by atoms with E-state index in [2.05, 4.69) is 10.6 Å². The number of nitrogens with one attached hydrogen (secondary N) is 2. The van der Waals surface area contributed by atoms with E-state index in [9.17, 15) is 13.2 Å². The molecule has 0 radical (unpaired) electrons. The van der Waals surface area contributed by atoms with Gasteiger partial charge in [-0.15, -0.1) is 12.4 Å². The number of aryl methyl sites for hydroxylation is 1. The minimum Gasteiger partial charge on any atom is -0.356 e. The minimum atomic E-state index is -3.42. The molecule has 1 aromatic rings. The van der Waals surface area contributed by atoms with Gasteiger partial charge in [0.1, 0.15) is 0 Å². The summed E-state index contributed by atoms with van der Waals surface area (Å²) in [5.41, 5.74) is 0.957. The molecule has 0 heterocycles. The Morgan fingerprint density at radius 3 is 2.20 bits per heavy atom.